The summed E-state index contributed by atoms with van der Waals surface area (Å²) in [5.74, 6) is 3.25. The first-order chi connectivity index (χ1) is 17.8. The van der Waals surface area contributed by atoms with Crippen LogP contribution in [0.1, 0.15) is 101 Å². The predicted octanol–water partition coefficient (Wildman–Crippen LogP) is 7.80. The van der Waals surface area contributed by atoms with Crippen molar-refractivity contribution in [2.24, 2.45) is 0 Å². The van der Waals surface area contributed by atoms with Crippen LogP contribution in [0, 0.1) is 0 Å². The Morgan fingerprint density at radius 2 is 1.47 bits per heavy atom. The molecule has 4 heteroatoms. The molecule has 5 rings (SSSR count). The summed E-state index contributed by atoms with van der Waals surface area (Å²) >= 11 is 0. The van der Waals surface area contributed by atoms with Crippen molar-refractivity contribution in [3.8, 4) is 11.5 Å². The van der Waals surface area contributed by atoms with E-state index >= 15 is 0 Å². The molecule has 0 amide bonds. The summed E-state index contributed by atoms with van der Waals surface area (Å²) in [5, 5.41) is 0. The van der Waals surface area contributed by atoms with Crippen molar-refractivity contribution in [1.29, 1.82) is 0 Å². The van der Waals surface area contributed by atoms with E-state index in [1.165, 1.54) is 75.3 Å². The van der Waals surface area contributed by atoms with Gasteiger partial charge < -0.3 is 18.9 Å². The summed E-state index contributed by atoms with van der Waals surface area (Å²) in [4.78, 5) is 0. The average Bonchev–Trinajstić information content (AvgIpc) is 3.84. The minimum atomic E-state index is 0.200. The second-order valence-corrected chi connectivity index (χ2v) is 11.0. The lowest BCUT2D eigenvalue weighted by Gasteiger charge is -2.29. The van der Waals surface area contributed by atoms with Crippen LogP contribution in [0.5, 0.6) is 11.5 Å². The zero-order valence-corrected chi connectivity index (χ0v) is 22.0. The first-order valence-electron chi connectivity index (χ1n) is 14.5. The van der Waals surface area contributed by atoms with E-state index in [1.807, 2.05) is 0 Å². The Morgan fingerprint density at radius 3 is 2.17 bits per heavy atom. The number of hydrogen-bond donors (Lipinski definition) is 0. The third kappa shape index (κ3) is 7.73. The molecule has 3 atom stereocenters. The largest absolute Gasteiger partial charge is 0.491 e. The molecule has 196 valence electrons. The summed E-state index contributed by atoms with van der Waals surface area (Å²) < 4.78 is 23.2. The van der Waals surface area contributed by atoms with E-state index < -0.39 is 0 Å². The van der Waals surface area contributed by atoms with E-state index in [0.717, 1.165) is 31.1 Å². The smallest absolute Gasteiger partial charge is 0.127 e. The van der Waals surface area contributed by atoms with Crippen molar-refractivity contribution >= 4 is 0 Å². The lowest BCUT2D eigenvalue weighted by atomic mass is 9.76. The van der Waals surface area contributed by atoms with Gasteiger partial charge in [0.15, 0.2) is 0 Å². The van der Waals surface area contributed by atoms with Crippen molar-refractivity contribution in [1.82, 2.24) is 0 Å². The number of ether oxygens (including phenoxy) is 4. The first-order valence-corrected chi connectivity index (χ1v) is 14.5. The molecule has 3 fully saturated rings. The van der Waals surface area contributed by atoms with E-state index in [9.17, 15) is 0 Å². The molecule has 2 aliphatic heterocycles. The molecule has 2 aromatic carbocycles. The van der Waals surface area contributed by atoms with Gasteiger partial charge in [-0.15, -0.1) is 0 Å². The fourth-order valence-electron chi connectivity index (χ4n) is 5.68. The molecule has 3 unspecified atom stereocenters. The summed E-state index contributed by atoms with van der Waals surface area (Å²) in [6.45, 7) is 4.63. The average molecular weight is 493 g/mol. The van der Waals surface area contributed by atoms with Crippen molar-refractivity contribution in [2.75, 3.05) is 19.8 Å². The van der Waals surface area contributed by atoms with Crippen molar-refractivity contribution < 1.29 is 18.9 Å². The van der Waals surface area contributed by atoms with E-state index in [1.54, 1.807) is 0 Å². The van der Waals surface area contributed by atoms with Gasteiger partial charge in [-0.2, -0.15) is 0 Å². The van der Waals surface area contributed by atoms with Gasteiger partial charge in [-0.05, 0) is 85.8 Å². The highest BCUT2D eigenvalue weighted by Crippen LogP contribution is 2.41. The lowest BCUT2D eigenvalue weighted by molar-refractivity contribution is 0.146. The third-order valence-electron chi connectivity index (χ3n) is 8.15. The Morgan fingerprint density at radius 1 is 0.778 bits per heavy atom. The molecule has 2 saturated heterocycles. The molecule has 0 aromatic heterocycles. The van der Waals surface area contributed by atoms with Gasteiger partial charge in [0.1, 0.15) is 36.4 Å². The minimum absolute atomic E-state index is 0.200. The maximum Gasteiger partial charge on any atom is 0.127 e. The monoisotopic (exact) mass is 492 g/mol. The van der Waals surface area contributed by atoms with E-state index in [0.29, 0.717) is 30.7 Å². The number of rotatable bonds is 15. The van der Waals surface area contributed by atoms with Crippen LogP contribution in [0.3, 0.4) is 0 Å². The molecule has 0 N–H and O–H groups in total. The maximum atomic E-state index is 6.49. The van der Waals surface area contributed by atoms with Gasteiger partial charge in [0.25, 0.3) is 0 Å². The molecule has 0 radical (unpaired) electrons. The van der Waals surface area contributed by atoms with E-state index in [-0.39, 0.29) is 6.10 Å². The molecule has 2 heterocycles. The van der Waals surface area contributed by atoms with Crippen molar-refractivity contribution in [2.45, 2.75) is 108 Å². The first kappa shape index (κ1) is 25.6. The number of epoxide rings is 2. The quantitative estimate of drug-likeness (QED) is 0.188. The molecule has 0 bridgehead atoms. The number of unbranched alkanes of at least 4 members (excludes halogenated alkanes) is 5. The summed E-state index contributed by atoms with van der Waals surface area (Å²) in [6, 6.07) is 17.7. The zero-order valence-electron chi connectivity index (χ0n) is 22.0. The van der Waals surface area contributed by atoms with Gasteiger partial charge in [-0.1, -0.05) is 63.3 Å². The Kier molecular flexibility index (Phi) is 9.22. The highest BCUT2D eigenvalue weighted by Gasteiger charge is 2.34. The molecule has 3 aliphatic rings. The number of hydrogen-bond acceptors (Lipinski definition) is 4. The lowest BCUT2D eigenvalue weighted by Crippen LogP contribution is -2.23. The second kappa shape index (κ2) is 13.0. The van der Waals surface area contributed by atoms with Crippen LogP contribution < -0.4 is 9.47 Å². The minimum Gasteiger partial charge on any atom is -0.491 e. The van der Waals surface area contributed by atoms with Gasteiger partial charge in [-0.3, -0.25) is 0 Å². The molecule has 1 aliphatic carbocycles. The summed E-state index contributed by atoms with van der Waals surface area (Å²) in [5.41, 5.74) is 2.88. The predicted molar refractivity (Wildman–Crippen MR) is 144 cm³/mol. The number of benzene rings is 2. The second-order valence-electron chi connectivity index (χ2n) is 11.0. The normalized spacial score (nSPS) is 25.8. The third-order valence-corrected chi connectivity index (χ3v) is 8.15. The summed E-state index contributed by atoms with van der Waals surface area (Å²) in [7, 11) is 0. The highest BCUT2D eigenvalue weighted by atomic mass is 16.6. The van der Waals surface area contributed by atoms with Crippen molar-refractivity contribution in [3.63, 3.8) is 0 Å². The zero-order chi connectivity index (χ0) is 24.6. The van der Waals surface area contributed by atoms with Gasteiger partial charge in [0.05, 0.1) is 13.2 Å². The molecular formula is C32H44O4. The van der Waals surface area contributed by atoms with Crippen LogP contribution in [0.15, 0.2) is 48.5 Å². The topological polar surface area (TPSA) is 43.5 Å². The van der Waals surface area contributed by atoms with Crippen LogP contribution in [0.4, 0.5) is 0 Å². The van der Waals surface area contributed by atoms with Gasteiger partial charge in [-0.25, -0.2) is 0 Å². The van der Waals surface area contributed by atoms with E-state index in [4.69, 9.17) is 18.9 Å². The molecule has 1 saturated carbocycles. The fourth-order valence-corrected chi connectivity index (χ4v) is 5.68. The fraction of sp³-hybridized carbons (Fsp3) is 0.625. The van der Waals surface area contributed by atoms with Crippen LogP contribution in [0.25, 0.3) is 0 Å². The molecular weight excluding hydrogens is 448 g/mol. The Balaban J connectivity index is 1.08. The van der Waals surface area contributed by atoms with Crippen LogP contribution in [-0.2, 0) is 9.47 Å². The van der Waals surface area contributed by atoms with Crippen LogP contribution >= 0.6 is 0 Å². The Hall–Kier alpha value is -2.04. The molecule has 0 spiro atoms. The Bertz CT molecular complexity index is 910. The summed E-state index contributed by atoms with van der Waals surface area (Å²) in [6.07, 6.45) is 14.8. The SMILES string of the molecule is CCCCCCCCC(Oc1cccc(C2CCC(c3ccc(OCC4CO4)cc3)CC2)c1)C1CO1. The maximum absolute atomic E-state index is 6.49. The van der Waals surface area contributed by atoms with Gasteiger partial charge in [0.2, 0.25) is 0 Å². The van der Waals surface area contributed by atoms with Crippen LogP contribution in [-0.4, -0.2) is 38.1 Å². The standard InChI is InChI=1S/C32H44O4/c1-2-3-4-5-6-7-11-31(32-23-35-32)36-29-10-8-9-27(20-29)26-14-12-24(13-15-26)25-16-18-28(19-17-25)33-21-30-22-34-30/h8-10,16-20,24,26,30-32H,2-7,11-15,21-23H2,1H3. The Labute approximate surface area is 217 Å². The van der Waals surface area contributed by atoms with E-state index in [2.05, 4.69) is 55.5 Å². The van der Waals surface area contributed by atoms with Crippen LogP contribution in [0.2, 0.25) is 0 Å². The molecule has 4 nitrogen and oxygen atoms in total. The van der Waals surface area contributed by atoms with Gasteiger partial charge >= 0.3 is 0 Å². The van der Waals surface area contributed by atoms with Crippen molar-refractivity contribution in [3.05, 3.63) is 59.7 Å². The molecule has 2 aromatic rings. The van der Waals surface area contributed by atoms with Gasteiger partial charge in [0, 0.05) is 0 Å². The molecule has 36 heavy (non-hydrogen) atoms. The highest BCUT2D eigenvalue weighted by molar-refractivity contribution is 5.33.